The molecule has 0 atom stereocenters. The number of ether oxygens (including phenoxy) is 2. The molecule has 2 rings (SSSR count). The van der Waals surface area contributed by atoms with E-state index in [1.54, 1.807) is 24.3 Å². The number of amides is 1. The molecule has 0 fully saturated rings. The molecule has 144 valence electrons. The summed E-state index contributed by atoms with van der Waals surface area (Å²) in [7, 11) is 0. The van der Waals surface area contributed by atoms with Crippen molar-refractivity contribution in [2.24, 2.45) is 0 Å². The Labute approximate surface area is 164 Å². The minimum Gasteiger partial charge on any atom is -0.482 e. The summed E-state index contributed by atoms with van der Waals surface area (Å²) >= 11 is 5.83. The van der Waals surface area contributed by atoms with E-state index in [0.717, 1.165) is 18.8 Å². The van der Waals surface area contributed by atoms with Gasteiger partial charge in [-0.05, 0) is 56.3 Å². The molecule has 0 aromatic heterocycles. The molecule has 0 heterocycles. The second-order valence-corrected chi connectivity index (χ2v) is 6.11. The minimum absolute atomic E-state index is 0.299. The Morgan fingerprint density at radius 2 is 1.74 bits per heavy atom. The molecule has 0 aliphatic heterocycles. The Bertz CT molecular complexity index is 761. The number of nitrogens with one attached hydrogen (secondary N) is 1. The van der Waals surface area contributed by atoms with Gasteiger partial charge in [-0.2, -0.15) is 0 Å². The van der Waals surface area contributed by atoms with Crippen molar-refractivity contribution in [2.75, 3.05) is 36.5 Å². The highest BCUT2D eigenvalue weighted by molar-refractivity contribution is 6.30. The third-order valence-electron chi connectivity index (χ3n) is 3.80. The Morgan fingerprint density at radius 1 is 1.04 bits per heavy atom. The largest absolute Gasteiger partial charge is 0.482 e. The van der Waals surface area contributed by atoms with Crippen LogP contribution in [0.4, 0.5) is 11.4 Å². The van der Waals surface area contributed by atoms with E-state index in [4.69, 9.17) is 21.1 Å². The summed E-state index contributed by atoms with van der Waals surface area (Å²) in [6.07, 6.45) is 0. The van der Waals surface area contributed by atoms with Gasteiger partial charge in [0, 0.05) is 29.5 Å². The van der Waals surface area contributed by atoms with E-state index in [1.165, 1.54) is 0 Å². The molecule has 1 amide bonds. The topological polar surface area (TPSA) is 67.9 Å². The number of carbonyl (C=O) groups excluding carboxylic acids is 2. The minimum atomic E-state index is -0.637. The van der Waals surface area contributed by atoms with Crippen LogP contribution in [0.5, 0.6) is 5.75 Å². The molecule has 0 spiro atoms. The first kappa shape index (κ1) is 20.6. The van der Waals surface area contributed by atoms with Crippen LogP contribution in [0.2, 0.25) is 5.02 Å². The van der Waals surface area contributed by atoms with Crippen molar-refractivity contribution in [2.45, 2.75) is 13.8 Å². The summed E-state index contributed by atoms with van der Waals surface area (Å²) in [4.78, 5) is 25.8. The molecular weight excluding hydrogens is 368 g/mol. The summed E-state index contributed by atoms with van der Waals surface area (Å²) in [5, 5.41) is 3.19. The van der Waals surface area contributed by atoms with Crippen LogP contribution in [-0.2, 0) is 14.3 Å². The predicted molar refractivity (Wildman–Crippen MR) is 107 cm³/mol. The van der Waals surface area contributed by atoms with E-state index < -0.39 is 11.9 Å². The van der Waals surface area contributed by atoms with Crippen LogP contribution in [-0.4, -0.2) is 38.2 Å². The van der Waals surface area contributed by atoms with Crippen molar-refractivity contribution in [1.29, 1.82) is 0 Å². The zero-order chi connectivity index (χ0) is 19.6. The zero-order valence-electron chi connectivity index (χ0n) is 15.4. The SMILES string of the molecule is CCN(CC)c1ccc(NC(=O)COC(=O)COc2cccc(Cl)c2)cc1. The number of hydrogen-bond donors (Lipinski definition) is 1. The average Bonchev–Trinajstić information content (AvgIpc) is 2.67. The molecule has 2 aromatic rings. The highest BCUT2D eigenvalue weighted by Crippen LogP contribution is 2.18. The Kier molecular flexibility index (Phi) is 7.95. The monoisotopic (exact) mass is 390 g/mol. The quantitative estimate of drug-likeness (QED) is 0.660. The summed E-state index contributed by atoms with van der Waals surface area (Å²) in [5.74, 6) is -0.596. The van der Waals surface area contributed by atoms with Crippen molar-refractivity contribution in [3.8, 4) is 5.75 Å². The van der Waals surface area contributed by atoms with Gasteiger partial charge in [0.05, 0.1) is 0 Å². The summed E-state index contributed by atoms with van der Waals surface area (Å²) in [6, 6.07) is 14.2. The lowest BCUT2D eigenvalue weighted by Crippen LogP contribution is -2.24. The van der Waals surface area contributed by atoms with Crippen molar-refractivity contribution in [3.63, 3.8) is 0 Å². The molecule has 7 heteroatoms. The lowest BCUT2D eigenvalue weighted by atomic mass is 10.2. The lowest BCUT2D eigenvalue weighted by Gasteiger charge is -2.21. The molecule has 0 aliphatic carbocycles. The molecule has 2 aromatic carbocycles. The van der Waals surface area contributed by atoms with Gasteiger partial charge in [-0.3, -0.25) is 4.79 Å². The van der Waals surface area contributed by atoms with Crippen LogP contribution in [0.15, 0.2) is 48.5 Å². The van der Waals surface area contributed by atoms with E-state index in [2.05, 4.69) is 24.1 Å². The second kappa shape index (κ2) is 10.4. The van der Waals surface area contributed by atoms with Gasteiger partial charge in [0.25, 0.3) is 5.91 Å². The molecule has 0 bridgehead atoms. The van der Waals surface area contributed by atoms with Gasteiger partial charge in [-0.15, -0.1) is 0 Å². The third kappa shape index (κ3) is 6.83. The van der Waals surface area contributed by atoms with Gasteiger partial charge >= 0.3 is 5.97 Å². The fourth-order valence-corrected chi connectivity index (χ4v) is 2.61. The average molecular weight is 391 g/mol. The first-order valence-electron chi connectivity index (χ1n) is 8.70. The fraction of sp³-hybridized carbons (Fsp3) is 0.300. The van der Waals surface area contributed by atoms with Gasteiger partial charge < -0.3 is 19.7 Å². The zero-order valence-corrected chi connectivity index (χ0v) is 16.2. The molecule has 0 saturated heterocycles. The summed E-state index contributed by atoms with van der Waals surface area (Å²) < 4.78 is 10.2. The van der Waals surface area contributed by atoms with Crippen LogP contribution in [0.1, 0.15) is 13.8 Å². The maximum absolute atomic E-state index is 11.9. The molecule has 0 radical (unpaired) electrons. The standard InChI is InChI=1S/C20H23ClN2O4/c1-3-23(4-2)17-10-8-16(9-11-17)22-19(24)13-27-20(25)14-26-18-7-5-6-15(21)12-18/h5-12H,3-4,13-14H2,1-2H3,(H,22,24). The van der Waals surface area contributed by atoms with E-state index in [9.17, 15) is 9.59 Å². The first-order chi connectivity index (χ1) is 13.0. The van der Waals surface area contributed by atoms with Gasteiger partial charge in [0.15, 0.2) is 13.2 Å². The van der Waals surface area contributed by atoms with Crippen molar-refractivity contribution in [1.82, 2.24) is 0 Å². The molecule has 0 saturated carbocycles. The van der Waals surface area contributed by atoms with Crippen molar-refractivity contribution < 1.29 is 19.1 Å². The predicted octanol–water partition coefficient (Wildman–Crippen LogP) is 3.75. The number of halogens is 1. The number of rotatable bonds is 9. The molecule has 27 heavy (non-hydrogen) atoms. The number of esters is 1. The highest BCUT2D eigenvalue weighted by atomic mass is 35.5. The van der Waals surface area contributed by atoms with Crippen LogP contribution < -0.4 is 15.0 Å². The van der Waals surface area contributed by atoms with E-state index in [-0.39, 0.29) is 13.2 Å². The highest BCUT2D eigenvalue weighted by Gasteiger charge is 2.09. The summed E-state index contributed by atoms with van der Waals surface area (Å²) in [6.45, 7) is 5.32. The van der Waals surface area contributed by atoms with Crippen molar-refractivity contribution in [3.05, 3.63) is 53.6 Å². The van der Waals surface area contributed by atoms with E-state index >= 15 is 0 Å². The van der Waals surface area contributed by atoms with E-state index in [0.29, 0.717) is 16.5 Å². The number of hydrogen-bond acceptors (Lipinski definition) is 5. The van der Waals surface area contributed by atoms with E-state index in [1.807, 2.05) is 24.3 Å². The molecular formula is C20H23ClN2O4. The molecule has 1 N–H and O–H groups in total. The Hall–Kier alpha value is -2.73. The van der Waals surface area contributed by atoms with Crippen LogP contribution in [0.25, 0.3) is 0 Å². The van der Waals surface area contributed by atoms with Gasteiger partial charge in [-0.25, -0.2) is 4.79 Å². The number of carbonyl (C=O) groups is 2. The number of nitrogens with zero attached hydrogens (tertiary/aromatic N) is 1. The van der Waals surface area contributed by atoms with Gasteiger partial charge in [0.2, 0.25) is 0 Å². The molecule has 0 aliphatic rings. The third-order valence-corrected chi connectivity index (χ3v) is 4.03. The fourth-order valence-electron chi connectivity index (χ4n) is 2.43. The molecule has 0 unspecified atom stereocenters. The Balaban J connectivity index is 1.74. The maximum Gasteiger partial charge on any atom is 0.344 e. The normalized spacial score (nSPS) is 10.2. The van der Waals surface area contributed by atoms with Crippen LogP contribution in [0, 0.1) is 0 Å². The van der Waals surface area contributed by atoms with Crippen LogP contribution >= 0.6 is 11.6 Å². The van der Waals surface area contributed by atoms with Gasteiger partial charge in [0.1, 0.15) is 5.75 Å². The van der Waals surface area contributed by atoms with Crippen molar-refractivity contribution >= 4 is 34.9 Å². The number of benzene rings is 2. The number of anilines is 2. The maximum atomic E-state index is 11.9. The summed E-state index contributed by atoms with van der Waals surface area (Å²) in [5.41, 5.74) is 1.73. The second-order valence-electron chi connectivity index (χ2n) is 5.67. The smallest absolute Gasteiger partial charge is 0.344 e. The van der Waals surface area contributed by atoms with Gasteiger partial charge in [-0.1, -0.05) is 17.7 Å². The Morgan fingerprint density at radius 3 is 2.37 bits per heavy atom. The lowest BCUT2D eigenvalue weighted by molar-refractivity contribution is -0.149. The molecule has 6 nitrogen and oxygen atoms in total. The first-order valence-corrected chi connectivity index (χ1v) is 9.08. The van der Waals surface area contributed by atoms with Crippen LogP contribution in [0.3, 0.4) is 0 Å².